The van der Waals surface area contributed by atoms with Crippen LogP contribution < -0.4 is 10.6 Å². The van der Waals surface area contributed by atoms with E-state index in [4.69, 9.17) is 0 Å². The number of thiazole rings is 1. The normalized spacial score (nSPS) is 10.5. The number of hydrogen-bond acceptors (Lipinski definition) is 4. The van der Waals surface area contributed by atoms with Gasteiger partial charge in [0.2, 0.25) is 5.91 Å². The molecule has 0 bridgehead atoms. The molecule has 2 N–H and O–H groups in total. The number of rotatable bonds is 6. The molecular formula is C23H18FN3OS. The minimum atomic E-state index is -0.272. The average Bonchev–Trinajstić information content (AvgIpc) is 3.19. The summed E-state index contributed by atoms with van der Waals surface area (Å²) in [5, 5.41) is 8.76. The summed E-state index contributed by atoms with van der Waals surface area (Å²) in [6, 6.07) is 23.4. The van der Waals surface area contributed by atoms with Crippen molar-refractivity contribution in [2.75, 3.05) is 10.6 Å². The summed E-state index contributed by atoms with van der Waals surface area (Å²) in [6.45, 7) is 0. The summed E-state index contributed by atoms with van der Waals surface area (Å²) in [5.74, 6) is -0.324. The maximum Gasteiger partial charge on any atom is 0.228 e. The van der Waals surface area contributed by atoms with Gasteiger partial charge >= 0.3 is 0 Å². The molecule has 0 radical (unpaired) electrons. The molecule has 4 rings (SSSR count). The van der Waals surface area contributed by atoms with E-state index < -0.39 is 0 Å². The monoisotopic (exact) mass is 403 g/mol. The Labute approximate surface area is 172 Å². The van der Waals surface area contributed by atoms with E-state index in [0.717, 1.165) is 33.3 Å². The molecule has 1 heterocycles. The standard InChI is InChI=1S/C23H18FN3OS/c24-18-8-12-20(13-9-18)26-23-27-21(15-29-23)17-6-10-19(11-7-17)25-22(28)14-16-4-2-1-3-5-16/h1-13,15H,14H2,(H,25,28)(H,26,27). The van der Waals surface area contributed by atoms with Crippen molar-refractivity contribution in [3.05, 3.63) is 95.6 Å². The van der Waals surface area contributed by atoms with Gasteiger partial charge in [0.25, 0.3) is 0 Å². The molecule has 0 spiro atoms. The summed E-state index contributed by atoms with van der Waals surface area (Å²) in [4.78, 5) is 16.8. The van der Waals surface area contributed by atoms with Crippen LogP contribution in [0, 0.1) is 5.82 Å². The number of nitrogens with zero attached hydrogens (tertiary/aromatic N) is 1. The minimum Gasteiger partial charge on any atom is -0.332 e. The van der Waals surface area contributed by atoms with Gasteiger partial charge in [-0.1, -0.05) is 42.5 Å². The number of halogens is 1. The number of anilines is 3. The lowest BCUT2D eigenvalue weighted by atomic mass is 10.1. The van der Waals surface area contributed by atoms with E-state index in [1.807, 2.05) is 60.0 Å². The maximum absolute atomic E-state index is 13.0. The summed E-state index contributed by atoms with van der Waals surface area (Å²) < 4.78 is 13.0. The van der Waals surface area contributed by atoms with Crippen LogP contribution in [0.1, 0.15) is 5.56 Å². The van der Waals surface area contributed by atoms with Gasteiger partial charge in [-0.3, -0.25) is 4.79 Å². The van der Waals surface area contributed by atoms with Crippen LogP contribution in [0.3, 0.4) is 0 Å². The van der Waals surface area contributed by atoms with Gasteiger partial charge in [0.05, 0.1) is 12.1 Å². The van der Waals surface area contributed by atoms with Crippen molar-refractivity contribution in [2.45, 2.75) is 6.42 Å². The molecular weight excluding hydrogens is 385 g/mol. The first-order valence-corrected chi connectivity index (χ1v) is 9.96. The number of nitrogens with one attached hydrogen (secondary N) is 2. The highest BCUT2D eigenvalue weighted by molar-refractivity contribution is 7.14. The van der Waals surface area contributed by atoms with Gasteiger partial charge < -0.3 is 10.6 Å². The summed E-state index contributed by atoms with van der Waals surface area (Å²) in [5.41, 5.74) is 4.29. The minimum absolute atomic E-state index is 0.0524. The van der Waals surface area contributed by atoms with Gasteiger partial charge in [0.1, 0.15) is 5.82 Å². The fraction of sp³-hybridized carbons (Fsp3) is 0.0435. The highest BCUT2D eigenvalue weighted by atomic mass is 32.1. The zero-order valence-corrected chi connectivity index (χ0v) is 16.2. The lowest BCUT2D eigenvalue weighted by molar-refractivity contribution is -0.115. The number of benzene rings is 3. The molecule has 0 fully saturated rings. The predicted octanol–water partition coefficient (Wildman–Crippen LogP) is 5.87. The number of carbonyl (C=O) groups excluding carboxylic acids is 1. The summed E-state index contributed by atoms with van der Waals surface area (Å²) in [6.07, 6.45) is 0.340. The molecule has 6 heteroatoms. The second-order valence-electron chi connectivity index (χ2n) is 6.46. The average molecular weight is 403 g/mol. The second kappa shape index (κ2) is 8.67. The van der Waals surface area contributed by atoms with Crippen LogP contribution >= 0.6 is 11.3 Å². The molecule has 0 aliphatic carbocycles. The van der Waals surface area contributed by atoms with Crippen molar-refractivity contribution < 1.29 is 9.18 Å². The van der Waals surface area contributed by atoms with Gasteiger partial charge in [-0.25, -0.2) is 9.37 Å². The molecule has 1 aromatic heterocycles. The first-order chi connectivity index (χ1) is 14.2. The van der Waals surface area contributed by atoms with E-state index in [1.54, 1.807) is 12.1 Å². The molecule has 144 valence electrons. The molecule has 4 aromatic rings. The predicted molar refractivity (Wildman–Crippen MR) is 116 cm³/mol. The van der Waals surface area contributed by atoms with E-state index in [1.165, 1.54) is 23.5 Å². The third-order valence-corrected chi connectivity index (χ3v) is 5.03. The lowest BCUT2D eigenvalue weighted by Gasteiger charge is -2.06. The Balaban J connectivity index is 1.38. The van der Waals surface area contributed by atoms with Gasteiger partial charge in [-0.15, -0.1) is 11.3 Å². The van der Waals surface area contributed by atoms with E-state index in [0.29, 0.717) is 6.42 Å². The first-order valence-electron chi connectivity index (χ1n) is 9.08. The van der Waals surface area contributed by atoms with Crippen molar-refractivity contribution in [1.82, 2.24) is 4.98 Å². The molecule has 0 aliphatic rings. The smallest absolute Gasteiger partial charge is 0.228 e. The highest BCUT2D eigenvalue weighted by Crippen LogP contribution is 2.28. The molecule has 3 aromatic carbocycles. The van der Waals surface area contributed by atoms with Crippen LogP contribution in [-0.2, 0) is 11.2 Å². The molecule has 1 amide bonds. The Morgan fingerprint density at radius 1 is 0.897 bits per heavy atom. The zero-order chi connectivity index (χ0) is 20.1. The van der Waals surface area contributed by atoms with Crippen molar-refractivity contribution in [3.63, 3.8) is 0 Å². The largest absolute Gasteiger partial charge is 0.332 e. The van der Waals surface area contributed by atoms with Crippen LogP contribution in [-0.4, -0.2) is 10.9 Å². The molecule has 0 aliphatic heterocycles. The molecule has 0 saturated carbocycles. The topological polar surface area (TPSA) is 54.0 Å². The Kier molecular flexibility index (Phi) is 5.63. The number of hydrogen-bond donors (Lipinski definition) is 2. The van der Waals surface area contributed by atoms with Gasteiger partial charge in [-0.2, -0.15) is 0 Å². The fourth-order valence-electron chi connectivity index (χ4n) is 2.83. The molecule has 0 unspecified atom stereocenters. The van der Waals surface area contributed by atoms with Gasteiger partial charge in [0.15, 0.2) is 5.13 Å². The van der Waals surface area contributed by atoms with Crippen molar-refractivity contribution in [3.8, 4) is 11.3 Å². The summed E-state index contributed by atoms with van der Waals surface area (Å²) >= 11 is 1.47. The number of aromatic nitrogens is 1. The summed E-state index contributed by atoms with van der Waals surface area (Å²) in [7, 11) is 0. The van der Waals surface area contributed by atoms with Crippen molar-refractivity contribution >= 4 is 33.8 Å². The first kappa shape index (κ1) is 18.8. The maximum atomic E-state index is 13.0. The lowest BCUT2D eigenvalue weighted by Crippen LogP contribution is -2.14. The van der Waals surface area contributed by atoms with Crippen LogP contribution in [0.25, 0.3) is 11.3 Å². The van der Waals surface area contributed by atoms with E-state index in [2.05, 4.69) is 15.6 Å². The van der Waals surface area contributed by atoms with E-state index in [9.17, 15) is 9.18 Å². The Morgan fingerprint density at radius 3 is 2.31 bits per heavy atom. The number of amides is 1. The molecule has 0 saturated heterocycles. The SMILES string of the molecule is O=C(Cc1ccccc1)Nc1ccc(-c2csc(Nc3ccc(F)cc3)n2)cc1. The van der Waals surface area contributed by atoms with E-state index >= 15 is 0 Å². The Morgan fingerprint density at radius 2 is 1.59 bits per heavy atom. The Bertz CT molecular complexity index is 1090. The quantitative estimate of drug-likeness (QED) is 0.423. The van der Waals surface area contributed by atoms with Gasteiger partial charge in [0, 0.05) is 22.3 Å². The number of carbonyl (C=O) groups is 1. The van der Waals surface area contributed by atoms with Crippen LogP contribution in [0.15, 0.2) is 84.2 Å². The second-order valence-corrected chi connectivity index (χ2v) is 7.32. The van der Waals surface area contributed by atoms with Gasteiger partial charge in [-0.05, 0) is 42.0 Å². The third-order valence-electron chi connectivity index (χ3n) is 4.27. The fourth-order valence-corrected chi connectivity index (χ4v) is 3.57. The van der Waals surface area contributed by atoms with Crippen molar-refractivity contribution in [2.24, 2.45) is 0 Å². The molecule has 4 nitrogen and oxygen atoms in total. The van der Waals surface area contributed by atoms with E-state index in [-0.39, 0.29) is 11.7 Å². The molecule has 0 atom stereocenters. The van der Waals surface area contributed by atoms with Crippen molar-refractivity contribution in [1.29, 1.82) is 0 Å². The zero-order valence-electron chi connectivity index (χ0n) is 15.4. The molecule has 29 heavy (non-hydrogen) atoms. The van der Waals surface area contributed by atoms with Crippen LogP contribution in [0.4, 0.5) is 20.9 Å². The highest BCUT2D eigenvalue weighted by Gasteiger charge is 2.07. The van der Waals surface area contributed by atoms with Crippen LogP contribution in [0.5, 0.6) is 0 Å². The van der Waals surface area contributed by atoms with Crippen LogP contribution in [0.2, 0.25) is 0 Å². The Hall–Kier alpha value is -3.51. The third kappa shape index (κ3) is 5.06.